The van der Waals surface area contributed by atoms with E-state index in [9.17, 15) is 9.59 Å². The van der Waals surface area contributed by atoms with Crippen LogP contribution in [0.5, 0.6) is 0 Å². The minimum Gasteiger partial charge on any atom is -0.322 e. The molecule has 0 spiro atoms. The van der Waals surface area contributed by atoms with Crippen LogP contribution in [0, 0.1) is 0 Å². The first-order valence-electron chi connectivity index (χ1n) is 6.91. The van der Waals surface area contributed by atoms with E-state index in [1.165, 1.54) is 6.92 Å². The smallest absolute Gasteiger partial charge is 0.257 e. The second kappa shape index (κ2) is 5.77. The Morgan fingerprint density at radius 3 is 2.59 bits per heavy atom. The van der Waals surface area contributed by atoms with Crippen LogP contribution in [0.1, 0.15) is 27.6 Å². The number of hydrogen-bond acceptors (Lipinski definition) is 3. The van der Waals surface area contributed by atoms with Crippen molar-refractivity contribution < 1.29 is 9.59 Å². The normalized spacial score (nSPS) is 10.4. The Hall–Kier alpha value is -3.01. The molecule has 1 amide bonds. The van der Waals surface area contributed by atoms with E-state index in [1.807, 2.05) is 24.3 Å². The molecule has 1 N–H and O–H groups in total. The van der Waals surface area contributed by atoms with E-state index in [2.05, 4.69) is 10.3 Å². The van der Waals surface area contributed by atoms with Crippen molar-refractivity contribution in [1.29, 1.82) is 0 Å². The highest BCUT2D eigenvalue weighted by Gasteiger charge is 2.11. The fourth-order valence-electron chi connectivity index (χ4n) is 2.30. The van der Waals surface area contributed by atoms with E-state index in [4.69, 9.17) is 0 Å². The molecule has 0 radical (unpaired) electrons. The van der Waals surface area contributed by atoms with Crippen LogP contribution in [0.4, 0.5) is 5.69 Å². The van der Waals surface area contributed by atoms with Crippen LogP contribution in [-0.4, -0.2) is 16.7 Å². The lowest BCUT2D eigenvalue weighted by atomic mass is 10.1. The van der Waals surface area contributed by atoms with E-state index >= 15 is 0 Å². The number of hydrogen-bond donors (Lipinski definition) is 1. The number of pyridine rings is 1. The van der Waals surface area contributed by atoms with Gasteiger partial charge in [-0.15, -0.1) is 0 Å². The molecule has 2 aromatic carbocycles. The van der Waals surface area contributed by atoms with Crippen molar-refractivity contribution in [1.82, 2.24) is 4.98 Å². The summed E-state index contributed by atoms with van der Waals surface area (Å²) < 4.78 is 0. The summed E-state index contributed by atoms with van der Waals surface area (Å²) in [7, 11) is 0. The molecule has 0 saturated carbocycles. The molecular weight excluding hydrogens is 276 g/mol. The molecule has 22 heavy (non-hydrogen) atoms. The molecule has 0 bridgehead atoms. The van der Waals surface area contributed by atoms with Gasteiger partial charge in [0.25, 0.3) is 5.91 Å². The molecule has 1 aromatic heterocycles. The monoisotopic (exact) mass is 290 g/mol. The van der Waals surface area contributed by atoms with Gasteiger partial charge in [-0.05, 0) is 31.2 Å². The molecule has 0 saturated heterocycles. The van der Waals surface area contributed by atoms with Gasteiger partial charge in [-0.2, -0.15) is 0 Å². The Kier molecular flexibility index (Phi) is 3.66. The van der Waals surface area contributed by atoms with E-state index in [0.29, 0.717) is 22.3 Å². The van der Waals surface area contributed by atoms with Crippen molar-refractivity contribution in [2.45, 2.75) is 6.92 Å². The Balaban J connectivity index is 1.94. The number of nitrogens with one attached hydrogen (secondary N) is 1. The quantitative estimate of drug-likeness (QED) is 0.748. The molecule has 1 heterocycles. The van der Waals surface area contributed by atoms with E-state index < -0.39 is 0 Å². The SMILES string of the molecule is CC(=O)c1cccc(NC(=O)c2cccc3cccnc23)c1. The lowest BCUT2D eigenvalue weighted by molar-refractivity contribution is 0.101. The summed E-state index contributed by atoms with van der Waals surface area (Å²) in [5, 5.41) is 3.72. The van der Waals surface area contributed by atoms with E-state index in [1.54, 1.807) is 36.5 Å². The van der Waals surface area contributed by atoms with Crippen LogP contribution in [0.3, 0.4) is 0 Å². The zero-order valence-corrected chi connectivity index (χ0v) is 12.0. The number of benzene rings is 2. The molecule has 0 aliphatic rings. The first-order valence-corrected chi connectivity index (χ1v) is 6.91. The van der Waals surface area contributed by atoms with Crippen LogP contribution < -0.4 is 5.32 Å². The van der Waals surface area contributed by atoms with Gasteiger partial charge in [-0.25, -0.2) is 0 Å². The van der Waals surface area contributed by atoms with Crippen molar-refractivity contribution in [3.8, 4) is 0 Å². The number of fused-ring (bicyclic) bond motifs is 1. The van der Waals surface area contributed by atoms with Gasteiger partial charge in [0.1, 0.15) is 0 Å². The Bertz CT molecular complexity index is 866. The first-order chi connectivity index (χ1) is 10.6. The highest BCUT2D eigenvalue weighted by atomic mass is 16.1. The highest BCUT2D eigenvalue weighted by molar-refractivity contribution is 6.12. The molecule has 0 aliphatic carbocycles. The first kappa shape index (κ1) is 13.9. The number of para-hydroxylation sites is 1. The van der Waals surface area contributed by atoms with Gasteiger partial charge in [-0.3, -0.25) is 14.6 Å². The second-order valence-corrected chi connectivity index (χ2v) is 4.97. The summed E-state index contributed by atoms with van der Waals surface area (Å²) >= 11 is 0. The molecule has 0 unspecified atom stereocenters. The Labute approximate surface area is 127 Å². The number of carbonyl (C=O) groups is 2. The molecular formula is C18H14N2O2. The Morgan fingerprint density at radius 1 is 1.00 bits per heavy atom. The zero-order chi connectivity index (χ0) is 15.5. The molecule has 0 fully saturated rings. The van der Waals surface area contributed by atoms with Crippen LogP contribution in [-0.2, 0) is 0 Å². The van der Waals surface area contributed by atoms with Gasteiger partial charge in [0.2, 0.25) is 0 Å². The third-order valence-electron chi connectivity index (χ3n) is 3.40. The van der Waals surface area contributed by atoms with Crippen molar-refractivity contribution in [2.24, 2.45) is 0 Å². The third kappa shape index (κ3) is 2.72. The molecule has 4 heteroatoms. The maximum atomic E-state index is 12.5. The molecule has 4 nitrogen and oxygen atoms in total. The summed E-state index contributed by atoms with van der Waals surface area (Å²) in [6.45, 7) is 1.50. The number of Topliss-reactive ketones (excluding diaryl/α,β-unsaturated/α-hetero) is 1. The summed E-state index contributed by atoms with van der Waals surface area (Å²) in [6, 6.07) is 16.1. The van der Waals surface area contributed by atoms with Gasteiger partial charge in [-0.1, -0.05) is 30.3 Å². The molecule has 3 rings (SSSR count). The minimum absolute atomic E-state index is 0.0390. The summed E-state index contributed by atoms with van der Waals surface area (Å²) in [6.07, 6.45) is 1.66. The van der Waals surface area contributed by atoms with E-state index in [-0.39, 0.29) is 11.7 Å². The van der Waals surface area contributed by atoms with Crippen LogP contribution in [0.2, 0.25) is 0 Å². The van der Waals surface area contributed by atoms with Gasteiger partial charge in [0, 0.05) is 22.8 Å². The van der Waals surface area contributed by atoms with E-state index in [0.717, 1.165) is 5.39 Å². The number of anilines is 1. The number of ketones is 1. The van der Waals surface area contributed by atoms with Crippen molar-refractivity contribution in [3.63, 3.8) is 0 Å². The number of rotatable bonds is 3. The Morgan fingerprint density at radius 2 is 1.77 bits per heavy atom. The van der Waals surface area contributed by atoms with Gasteiger partial charge in [0.05, 0.1) is 11.1 Å². The summed E-state index contributed by atoms with van der Waals surface area (Å²) in [5.41, 5.74) is 2.32. The lowest BCUT2D eigenvalue weighted by Crippen LogP contribution is -2.13. The second-order valence-electron chi connectivity index (χ2n) is 4.97. The summed E-state index contributed by atoms with van der Waals surface area (Å²) in [5.74, 6) is -0.284. The van der Waals surface area contributed by atoms with Gasteiger partial charge >= 0.3 is 0 Å². The maximum absolute atomic E-state index is 12.5. The van der Waals surface area contributed by atoms with Crippen molar-refractivity contribution in [3.05, 3.63) is 71.9 Å². The fourth-order valence-corrected chi connectivity index (χ4v) is 2.30. The number of amides is 1. The lowest BCUT2D eigenvalue weighted by Gasteiger charge is -2.08. The van der Waals surface area contributed by atoms with Gasteiger partial charge in [0.15, 0.2) is 5.78 Å². The average Bonchev–Trinajstić information content (AvgIpc) is 2.54. The third-order valence-corrected chi connectivity index (χ3v) is 3.40. The standard InChI is InChI=1S/C18H14N2O2/c1-12(21)14-6-2-8-15(11-14)20-18(22)16-9-3-5-13-7-4-10-19-17(13)16/h2-11H,1H3,(H,20,22). The molecule has 108 valence electrons. The largest absolute Gasteiger partial charge is 0.322 e. The molecule has 3 aromatic rings. The van der Waals surface area contributed by atoms with Crippen LogP contribution in [0.15, 0.2) is 60.8 Å². The van der Waals surface area contributed by atoms with Crippen molar-refractivity contribution >= 4 is 28.3 Å². The zero-order valence-electron chi connectivity index (χ0n) is 12.0. The van der Waals surface area contributed by atoms with Crippen LogP contribution >= 0.6 is 0 Å². The van der Waals surface area contributed by atoms with Crippen molar-refractivity contribution in [2.75, 3.05) is 5.32 Å². The minimum atomic E-state index is -0.245. The molecule has 0 atom stereocenters. The van der Waals surface area contributed by atoms with Gasteiger partial charge < -0.3 is 5.32 Å². The average molecular weight is 290 g/mol. The molecule has 0 aliphatic heterocycles. The maximum Gasteiger partial charge on any atom is 0.257 e. The summed E-state index contributed by atoms with van der Waals surface area (Å²) in [4.78, 5) is 28.2. The number of nitrogens with zero attached hydrogens (tertiary/aromatic N) is 1. The number of carbonyl (C=O) groups excluding carboxylic acids is 2. The topological polar surface area (TPSA) is 59.1 Å². The van der Waals surface area contributed by atoms with Crippen LogP contribution in [0.25, 0.3) is 10.9 Å². The predicted octanol–water partition coefficient (Wildman–Crippen LogP) is 3.69. The highest BCUT2D eigenvalue weighted by Crippen LogP contribution is 2.18. The number of aromatic nitrogens is 1. The predicted molar refractivity (Wildman–Crippen MR) is 86.1 cm³/mol. The fraction of sp³-hybridized carbons (Fsp3) is 0.0556.